The Morgan fingerprint density at radius 2 is 2.04 bits per heavy atom. The largest absolute Gasteiger partial charge is 0.326 e. The highest BCUT2D eigenvalue weighted by Gasteiger charge is 2.13. The quantitative estimate of drug-likeness (QED) is 0.543. The zero-order valence-corrected chi connectivity index (χ0v) is 17.4. The number of hydrogen-bond donors (Lipinski definition) is 1. The molecule has 1 aromatic heterocycles. The van der Waals surface area contributed by atoms with Crippen LogP contribution in [-0.4, -0.2) is 10.9 Å². The Morgan fingerprint density at radius 1 is 1.26 bits per heavy atom. The van der Waals surface area contributed by atoms with Crippen LogP contribution in [0.25, 0.3) is 16.2 Å². The van der Waals surface area contributed by atoms with Gasteiger partial charge in [-0.2, -0.15) is 0 Å². The first-order chi connectivity index (χ1) is 13.0. The fourth-order valence-corrected chi connectivity index (χ4v) is 3.25. The van der Waals surface area contributed by atoms with Crippen molar-refractivity contribution < 1.29 is 4.79 Å². The molecule has 1 amide bonds. The summed E-state index contributed by atoms with van der Waals surface area (Å²) in [6.07, 6.45) is 7.79. The Balaban J connectivity index is 2.24. The molecular formula is C23H29ClN2O. The zero-order valence-electron chi connectivity index (χ0n) is 16.7. The lowest BCUT2D eigenvalue weighted by Crippen LogP contribution is -2.20. The molecule has 1 atom stereocenters. The van der Waals surface area contributed by atoms with E-state index in [-0.39, 0.29) is 11.8 Å². The first-order valence-corrected chi connectivity index (χ1v) is 10.1. The maximum atomic E-state index is 12.4. The van der Waals surface area contributed by atoms with Gasteiger partial charge in [-0.25, -0.2) is 0 Å². The molecule has 0 radical (unpaired) electrons. The van der Waals surface area contributed by atoms with Gasteiger partial charge in [-0.1, -0.05) is 63.4 Å². The number of anilines is 1. The molecule has 1 unspecified atom stereocenters. The molecule has 0 spiro atoms. The average Bonchev–Trinajstić information content (AvgIpc) is 2.66. The molecular weight excluding hydrogens is 356 g/mol. The second-order valence-electron chi connectivity index (χ2n) is 6.93. The van der Waals surface area contributed by atoms with E-state index < -0.39 is 0 Å². The fraction of sp³-hybridized carbons (Fsp3) is 0.391. The van der Waals surface area contributed by atoms with Crippen LogP contribution in [0.3, 0.4) is 0 Å². The summed E-state index contributed by atoms with van der Waals surface area (Å²) in [6.45, 7) is 8.13. The van der Waals surface area contributed by atoms with Gasteiger partial charge in [0.05, 0.1) is 0 Å². The van der Waals surface area contributed by atoms with Crippen LogP contribution < -0.4 is 5.32 Å². The van der Waals surface area contributed by atoms with Gasteiger partial charge < -0.3 is 5.32 Å². The van der Waals surface area contributed by atoms with Crippen molar-refractivity contribution in [1.29, 1.82) is 0 Å². The lowest BCUT2D eigenvalue weighted by Gasteiger charge is -2.13. The predicted octanol–water partition coefficient (Wildman–Crippen LogP) is 6.81. The van der Waals surface area contributed by atoms with Crippen LogP contribution in [0.2, 0.25) is 0 Å². The highest BCUT2D eigenvalue weighted by atomic mass is 35.5. The summed E-state index contributed by atoms with van der Waals surface area (Å²) in [5.74, 6) is 0.0801. The van der Waals surface area contributed by atoms with Gasteiger partial charge in [0.1, 0.15) is 0 Å². The molecule has 1 N–H and O–H groups in total. The van der Waals surface area contributed by atoms with E-state index in [1.165, 1.54) is 0 Å². The van der Waals surface area contributed by atoms with E-state index in [1.54, 1.807) is 0 Å². The van der Waals surface area contributed by atoms with E-state index in [0.29, 0.717) is 0 Å². The molecule has 2 aromatic rings. The van der Waals surface area contributed by atoms with Crippen molar-refractivity contribution in [3.63, 3.8) is 0 Å². The van der Waals surface area contributed by atoms with Crippen LogP contribution in [0.4, 0.5) is 5.69 Å². The highest BCUT2D eigenvalue weighted by Crippen LogP contribution is 2.29. The number of pyridine rings is 1. The monoisotopic (exact) mass is 384 g/mol. The van der Waals surface area contributed by atoms with Crippen LogP contribution in [-0.2, 0) is 4.79 Å². The molecule has 0 saturated carbocycles. The number of amides is 1. The van der Waals surface area contributed by atoms with Gasteiger partial charge in [-0.3, -0.25) is 9.78 Å². The van der Waals surface area contributed by atoms with E-state index in [0.717, 1.165) is 58.8 Å². The zero-order chi connectivity index (χ0) is 19.8. The average molecular weight is 385 g/mol. The van der Waals surface area contributed by atoms with E-state index in [1.807, 2.05) is 50.4 Å². The van der Waals surface area contributed by atoms with Crippen molar-refractivity contribution in [3.8, 4) is 11.1 Å². The Kier molecular flexibility index (Phi) is 8.05. The van der Waals surface area contributed by atoms with Crippen LogP contribution in [0.5, 0.6) is 0 Å². The number of carbonyl (C=O) groups is 1. The third kappa shape index (κ3) is 5.93. The van der Waals surface area contributed by atoms with E-state index >= 15 is 0 Å². The second kappa shape index (κ2) is 10.3. The summed E-state index contributed by atoms with van der Waals surface area (Å²) in [4.78, 5) is 16.9. The van der Waals surface area contributed by atoms with E-state index in [4.69, 9.17) is 11.6 Å². The summed E-state index contributed by atoms with van der Waals surface area (Å²) >= 11 is 6.41. The molecule has 0 saturated heterocycles. The number of aromatic nitrogens is 1. The number of aryl methyl sites for hydroxylation is 1. The minimum absolute atomic E-state index is 0.0132. The normalized spacial score (nSPS) is 12.7. The van der Waals surface area contributed by atoms with Crippen molar-refractivity contribution in [3.05, 3.63) is 53.9 Å². The van der Waals surface area contributed by atoms with Crippen molar-refractivity contribution in [2.24, 2.45) is 5.92 Å². The number of carbonyl (C=O) groups excluding carboxylic acids is 1. The maximum Gasteiger partial charge on any atom is 0.227 e. The third-order valence-electron chi connectivity index (χ3n) is 4.63. The lowest BCUT2D eigenvalue weighted by atomic mass is 10.0. The smallest absolute Gasteiger partial charge is 0.227 e. The molecule has 144 valence electrons. The highest BCUT2D eigenvalue weighted by molar-refractivity contribution is 6.48. The topological polar surface area (TPSA) is 42.0 Å². The standard InChI is InChI=1S/C23H29ClN2O/c1-5-7-10-16(3)23(27)26-20-12-8-11-18(13-20)19-14-21(17(4)25-15-19)22(24)9-6-2/h8-9,11-16H,5-7,10H2,1-4H3,(H,26,27)/b22-9+. The van der Waals surface area contributed by atoms with Gasteiger partial charge in [0.15, 0.2) is 0 Å². The molecule has 0 aliphatic rings. The number of nitrogens with zero attached hydrogens (tertiary/aromatic N) is 1. The molecule has 2 rings (SSSR count). The van der Waals surface area contributed by atoms with Gasteiger partial charge in [0, 0.05) is 39.7 Å². The minimum atomic E-state index is 0.0132. The molecule has 0 fully saturated rings. The number of benzene rings is 1. The Bertz CT molecular complexity index is 814. The summed E-state index contributed by atoms with van der Waals surface area (Å²) in [5.41, 5.74) is 4.64. The Hall–Kier alpha value is -2.13. The molecule has 1 heterocycles. The first kappa shape index (κ1) is 21.2. The minimum Gasteiger partial charge on any atom is -0.326 e. The van der Waals surface area contributed by atoms with Gasteiger partial charge in [-0.05, 0) is 43.5 Å². The molecule has 27 heavy (non-hydrogen) atoms. The van der Waals surface area contributed by atoms with Gasteiger partial charge in [-0.15, -0.1) is 0 Å². The van der Waals surface area contributed by atoms with E-state index in [9.17, 15) is 4.79 Å². The van der Waals surface area contributed by atoms with Crippen molar-refractivity contribution in [2.45, 2.75) is 53.4 Å². The summed E-state index contributed by atoms with van der Waals surface area (Å²) < 4.78 is 0. The van der Waals surface area contributed by atoms with Gasteiger partial charge in [0.25, 0.3) is 0 Å². The van der Waals surface area contributed by atoms with Crippen molar-refractivity contribution in [2.75, 3.05) is 5.32 Å². The number of hydrogen-bond acceptors (Lipinski definition) is 2. The van der Waals surface area contributed by atoms with Gasteiger partial charge in [0.2, 0.25) is 5.91 Å². The van der Waals surface area contributed by atoms with Crippen LogP contribution in [0.1, 0.15) is 57.7 Å². The first-order valence-electron chi connectivity index (χ1n) is 9.70. The van der Waals surface area contributed by atoms with Crippen LogP contribution in [0.15, 0.2) is 42.6 Å². The SMILES string of the molecule is CC/C=C(/Cl)c1cc(-c2cccc(NC(=O)C(C)CCCC)c2)cnc1C. The van der Waals surface area contributed by atoms with Crippen LogP contribution >= 0.6 is 11.6 Å². The van der Waals surface area contributed by atoms with Gasteiger partial charge >= 0.3 is 0 Å². The maximum absolute atomic E-state index is 12.4. The fourth-order valence-electron chi connectivity index (χ4n) is 2.91. The summed E-state index contributed by atoms with van der Waals surface area (Å²) in [5, 5.41) is 3.75. The number of unbranched alkanes of at least 4 members (excludes halogenated alkanes) is 1. The Labute approximate surface area is 167 Å². The molecule has 3 nitrogen and oxygen atoms in total. The van der Waals surface area contributed by atoms with Crippen LogP contribution in [0, 0.1) is 12.8 Å². The van der Waals surface area contributed by atoms with E-state index in [2.05, 4.69) is 30.2 Å². The molecule has 0 bridgehead atoms. The molecule has 0 aliphatic carbocycles. The molecule has 4 heteroatoms. The summed E-state index contributed by atoms with van der Waals surface area (Å²) in [7, 11) is 0. The van der Waals surface area contributed by atoms with Crippen molar-refractivity contribution in [1.82, 2.24) is 4.98 Å². The molecule has 1 aromatic carbocycles. The molecule has 0 aliphatic heterocycles. The number of halogens is 1. The Morgan fingerprint density at radius 3 is 2.74 bits per heavy atom. The third-order valence-corrected chi connectivity index (χ3v) is 4.99. The second-order valence-corrected chi connectivity index (χ2v) is 7.34. The predicted molar refractivity (Wildman–Crippen MR) is 116 cm³/mol. The van der Waals surface area contributed by atoms with Crippen molar-refractivity contribution >= 4 is 28.2 Å². The number of nitrogens with one attached hydrogen (secondary N) is 1. The number of rotatable bonds is 8. The number of allylic oxidation sites excluding steroid dienone is 1. The summed E-state index contributed by atoms with van der Waals surface area (Å²) in [6, 6.07) is 9.93. The lowest BCUT2D eigenvalue weighted by molar-refractivity contribution is -0.119.